The molecule has 0 atom stereocenters. The molecule has 0 rings (SSSR count). The van der Waals surface area contributed by atoms with Crippen molar-refractivity contribution in [1.82, 2.24) is 5.32 Å². The van der Waals surface area contributed by atoms with Crippen LogP contribution in [0.15, 0.2) is 11.5 Å². The minimum atomic E-state index is -3.62. The van der Waals surface area contributed by atoms with Gasteiger partial charge in [-0.1, -0.05) is 6.58 Å². The second-order valence-electron chi connectivity index (χ2n) is 4.48. The first kappa shape index (κ1) is 19.7. The third-order valence-corrected chi connectivity index (χ3v) is 4.42. The summed E-state index contributed by atoms with van der Waals surface area (Å²) in [5, 5.41) is 10.2. The topological polar surface area (TPSA) is 110 Å². The second kappa shape index (κ2) is 7.07. The van der Waals surface area contributed by atoms with Crippen LogP contribution in [-0.2, 0) is 19.4 Å². The highest BCUT2D eigenvalue weighted by atomic mass is 32.2. The Labute approximate surface area is 110 Å². The van der Waals surface area contributed by atoms with E-state index in [-0.39, 0.29) is 9.61 Å². The average Bonchev–Trinajstić information content (AvgIpc) is 2.21. The first-order valence-corrected chi connectivity index (χ1v) is 6.51. The van der Waals surface area contributed by atoms with Gasteiger partial charge in [0.2, 0.25) is 0 Å². The Morgan fingerprint density at radius 1 is 1.32 bits per heavy atom. The van der Waals surface area contributed by atoms with E-state index < -0.39 is 39.8 Å². The quantitative estimate of drug-likeness (QED) is 0.772. The molecule has 0 aromatic carbocycles. The zero-order valence-electron chi connectivity index (χ0n) is 10.9. The van der Waals surface area contributed by atoms with Crippen molar-refractivity contribution in [1.29, 1.82) is 0 Å². The maximum Gasteiger partial charge on any atom is 0.407 e. The van der Waals surface area contributed by atoms with E-state index in [1.165, 1.54) is 20.8 Å². The van der Waals surface area contributed by atoms with Crippen molar-refractivity contribution in [2.75, 3.05) is 13.2 Å². The van der Waals surface area contributed by atoms with E-state index >= 15 is 0 Å². The van der Waals surface area contributed by atoms with Gasteiger partial charge in [-0.15, -0.1) is 0 Å². The van der Waals surface area contributed by atoms with Crippen LogP contribution >= 0.6 is 0 Å². The van der Waals surface area contributed by atoms with Crippen molar-refractivity contribution in [2.24, 2.45) is 0 Å². The molecule has 1 amide bonds. The lowest BCUT2D eigenvalue weighted by molar-refractivity contribution is -0.135. The molecule has 0 heterocycles. The number of carbonyl (C=O) groups excluding carboxylic acids is 1. The number of halogens is 1. The lowest BCUT2D eigenvalue weighted by Gasteiger charge is -2.20. The Morgan fingerprint density at radius 3 is 2.16 bits per heavy atom. The SMILES string of the molecule is C=C(COC(=O)NCC(=O)O)S(=O)(=O)C(C)(C)C.F. The molecule has 0 fully saturated rings. The number of carboxylic acids is 1. The first-order valence-electron chi connectivity index (χ1n) is 5.03. The zero-order valence-corrected chi connectivity index (χ0v) is 11.7. The van der Waals surface area contributed by atoms with Crippen molar-refractivity contribution in [3.63, 3.8) is 0 Å². The number of sulfone groups is 1. The van der Waals surface area contributed by atoms with Crippen molar-refractivity contribution >= 4 is 21.9 Å². The van der Waals surface area contributed by atoms with Gasteiger partial charge in [0, 0.05) is 0 Å². The van der Waals surface area contributed by atoms with Crippen LogP contribution in [0.3, 0.4) is 0 Å². The number of amides is 1. The molecule has 0 saturated heterocycles. The van der Waals surface area contributed by atoms with E-state index in [0.717, 1.165) is 0 Å². The number of aliphatic carboxylic acids is 1. The molecular weight excluding hydrogens is 281 g/mol. The highest BCUT2D eigenvalue weighted by Crippen LogP contribution is 2.22. The number of hydrogen-bond donors (Lipinski definition) is 2. The Hall–Kier alpha value is -1.64. The molecule has 0 aromatic rings. The molecule has 19 heavy (non-hydrogen) atoms. The molecule has 7 nitrogen and oxygen atoms in total. The van der Waals surface area contributed by atoms with Crippen molar-refractivity contribution in [3.05, 3.63) is 11.5 Å². The molecule has 0 bridgehead atoms. The fraction of sp³-hybridized carbons (Fsp3) is 0.600. The number of carboxylic acid groups (broad SMARTS) is 1. The van der Waals surface area contributed by atoms with Gasteiger partial charge in [-0.3, -0.25) is 9.50 Å². The van der Waals surface area contributed by atoms with Crippen LogP contribution in [0.2, 0.25) is 0 Å². The normalized spacial score (nSPS) is 11.1. The molecule has 0 saturated carbocycles. The number of alkyl carbamates (subject to hydrolysis) is 1. The Morgan fingerprint density at radius 2 is 1.79 bits per heavy atom. The van der Waals surface area contributed by atoms with Crippen LogP contribution in [0.25, 0.3) is 0 Å². The van der Waals surface area contributed by atoms with Crippen molar-refractivity contribution in [3.8, 4) is 0 Å². The summed E-state index contributed by atoms with van der Waals surface area (Å²) in [4.78, 5) is 20.9. The maximum absolute atomic E-state index is 11.8. The molecule has 0 radical (unpaired) electrons. The summed E-state index contributed by atoms with van der Waals surface area (Å²) in [7, 11) is -3.62. The molecule has 0 aliphatic carbocycles. The third-order valence-electron chi connectivity index (χ3n) is 1.93. The number of nitrogens with one attached hydrogen (secondary N) is 1. The number of rotatable bonds is 5. The van der Waals surface area contributed by atoms with Gasteiger partial charge in [-0.25, -0.2) is 13.2 Å². The summed E-state index contributed by atoms with van der Waals surface area (Å²) >= 11 is 0. The summed E-state index contributed by atoms with van der Waals surface area (Å²) < 4.78 is 27.2. The minimum Gasteiger partial charge on any atom is -0.480 e. The molecule has 2 N–H and O–H groups in total. The van der Waals surface area contributed by atoms with Gasteiger partial charge in [0.15, 0.2) is 9.84 Å². The lowest BCUT2D eigenvalue weighted by Crippen LogP contribution is -2.33. The van der Waals surface area contributed by atoms with E-state index in [1.54, 1.807) is 0 Å². The smallest absolute Gasteiger partial charge is 0.407 e. The van der Waals surface area contributed by atoms with Gasteiger partial charge in [-0.2, -0.15) is 0 Å². The van der Waals surface area contributed by atoms with E-state index in [9.17, 15) is 18.0 Å². The fourth-order valence-corrected chi connectivity index (χ4v) is 1.94. The summed E-state index contributed by atoms with van der Waals surface area (Å²) in [5.74, 6) is -1.23. The van der Waals surface area contributed by atoms with Gasteiger partial charge >= 0.3 is 12.1 Å². The van der Waals surface area contributed by atoms with Gasteiger partial charge < -0.3 is 15.2 Å². The Kier molecular flexibility index (Phi) is 7.33. The summed E-state index contributed by atoms with van der Waals surface area (Å²) in [6.07, 6.45) is -1.01. The van der Waals surface area contributed by atoms with E-state index in [1.807, 2.05) is 5.32 Å². The first-order chi connectivity index (χ1) is 7.98. The average molecular weight is 299 g/mol. The van der Waals surface area contributed by atoms with Crippen LogP contribution < -0.4 is 5.32 Å². The largest absolute Gasteiger partial charge is 0.480 e. The number of hydrogen-bond acceptors (Lipinski definition) is 5. The van der Waals surface area contributed by atoms with E-state index in [0.29, 0.717) is 0 Å². The van der Waals surface area contributed by atoms with Crippen LogP contribution in [0.4, 0.5) is 9.50 Å². The van der Waals surface area contributed by atoms with Gasteiger partial charge in [0.05, 0.1) is 9.65 Å². The van der Waals surface area contributed by atoms with Gasteiger partial charge in [-0.05, 0) is 20.8 Å². The van der Waals surface area contributed by atoms with Crippen molar-refractivity contribution in [2.45, 2.75) is 25.5 Å². The standard InChI is InChI=1S/C10H17NO6S.FH/c1-7(18(15,16)10(2,3)4)6-17-9(14)11-5-8(12)13;/h1,5-6H2,2-4H3,(H,11,14)(H,12,13);1H. The number of carbonyl (C=O) groups is 2. The lowest BCUT2D eigenvalue weighted by atomic mass is 10.3. The zero-order chi connectivity index (χ0) is 14.6. The highest BCUT2D eigenvalue weighted by Gasteiger charge is 2.32. The highest BCUT2D eigenvalue weighted by molar-refractivity contribution is 7.96. The maximum atomic E-state index is 11.8. The predicted molar refractivity (Wildman–Crippen MR) is 67.3 cm³/mol. The van der Waals surface area contributed by atoms with Crippen LogP contribution in [-0.4, -0.2) is 43.5 Å². The van der Waals surface area contributed by atoms with Crippen LogP contribution in [0.5, 0.6) is 0 Å². The molecule has 0 aliphatic rings. The minimum absolute atomic E-state index is 0. The molecule has 9 heteroatoms. The summed E-state index contributed by atoms with van der Waals surface area (Å²) in [5.41, 5.74) is 0. The fourth-order valence-electron chi connectivity index (χ4n) is 0.855. The molecule has 0 aliphatic heterocycles. The van der Waals surface area contributed by atoms with Crippen LogP contribution in [0, 0.1) is 0 Å². The van der Waals surface area contributed by atoms with Gasteiger partial charge in [0.25, 0.3) is 0 Å². The van der Waals surface area contributed by atoms with Crippen LogP contribution in [0.1, 0.15) is 20.8 Å². The summed E-state index contributed by atoms with van der Waals surface area (Å²) in [6, 6.07) is 0. The molecule has 112 valence electrons. The number of ether oxygens (including phenoxy) is 1. The van der Waals surface area contributed by atoms with E-state index in [4.69, 9.17) is 5.11 Å². The monoisotopic (exact) mass is 299 g/mol. The van der Waals surface area contributed by atoms with E-state index in [2.05, 4.69) is 11.3 Å². The molecule has 0 spiro atoms. The third kappa shape index (κ3) is 6.18. The summed E-state index contributed by atoms with van der Waals surface area (Å²) in [6.45, 7) is 6.74. The molecule has 0 aromatic heterocycles. The Balaban J connectivity index is 0. The Bertz CT molecular complexity index is 451. The molecular formula is C10H18FNO6S. The predicted octanol–water partition coefficient (Wildman–Crippen LogP) is 0.677. The van der Waals surface area contributed by atoms with Crippen molar-refractivity contribution < 1.29 is 32.6 Å². The van der Waals surface area contributed by atoms with Gasteiger partial charge in [0.1, 0.15) is 13.2 Å². The second-order valence-corrected chi connectivity index (χ2v) is 7.29. The molecule has 0 unspecified atom stereocenters.